The summed E-state index contributed by atoms with van der Waals surface area (Å²) in [6.45, 7) is 5.84. The van der Waals surface area contributed by atoms with Gasteiger partial charge < -0.3 is 0 Å². The highest BCUT2D eigenvalue weighted by atomic mass is 15.3. The molecule has 16 heavy (non-hydrogen) atoms. The van der Waals surface area contributed by atoms with Crippen molar-refractivity contribution in [1.82, 2.24) is 15.1 Å². The van der Waals surface area contributed by atoms with E-state index in [4.69, 9.17) is 5.26 Å². The van der Waals surface area contributed by atoms with Crippen molar-refractivity contribution in [1.29, 1.82) is 5.26 Å². The van der Waals surface area contributed by atoms with E-state index in [0.717, 1.165) is 32.4 Å². The molecule has 0 aliphatic heterocycles. The number of nitrogens with one attached hydrogen (secondary N) is 1. The maximum absolute atomic E-state index is 9.13. The van der Waals surface area contributed by atoms with Crippen LogP contribution in [0.3, 0.4) is 0 Å². The third-order valence-corrected chi connectivity index (χ3v) is 2.64. The monoisotopic (exact) mass is 220 g/mol. The number of hydrogen-bond donors (Lipinski definition) is 1. The molecule has 1 atom stereocenters. The molecule has 0 saturated carbocycles. The average molecular weight is 220 g/mol. The lowest BCUT2D eigenvalue weighted by Gasteiger charge is -2.22. The molecule has 1 N–H and O–H groups in total. The van der Waals surface area contributed by atoms with Crippen molar-refractivity contribution >= 4 is 0 Å². The fraction of sp³-hybridized carbons (Fsp3) is 0.667. The van der Waals surface area contributed by atoms with Crippen molar-refractivity contribution in [2.24, 2.45) is 0 Å². The van der Waals surface area contributed by atoms with E-state index in [1.54, 1.807) is 6.20 Å². The summed E-state index contributed by atoms with van der Waals surface area (Å²) in [7, 11) is 0. The van der Waals surface area contributed by atoms with Crippen molar-refractivity contribution in [2.75, 3.05) is 6.54 Å². The first-order valence-electron chi connectivity index (χ1n) is 5.84. The number of aromatic nitrogens is 2. The molecule has 1 aromatic rings. The van der Waals surface area contributed by atoms with E-state index < -0.39 is 5.54 Å². The molecule has 1 unspecified atom stereocenters. The third kappa shape index (κ3) is 4.03. The molecule has 0 aliphatic carbocycles. The first-order valence-corrected chi connectivity index (χ1v) is 5.84. The van der Waals surface area contributed by atoms with Crippen molar-refractivity contribution in [3.8, 4) is 6.07 Å². The molecule has 1 aromatic heterocycles. The van der Waals surface area contributed by atoms with Crippen LogP contribution in [-0.2, 0) is 6.54 Å². The van der Waals surface area contributed by atoms with Crippen LogP contribution >= 0.6 is 0 Å². The molecule has 0 radical (unpaired) electrons. The Labute approximate surface area is 97.3 Å². The molecule has 88 valence electrons. The fourth-order valence-corrected chi connectivity index (χ4v) is 1.61. The highest BCUT2D eigenvalue weighted by molar-refractivity contribution is 5.03. The minimum atomic E-state index is -0.400. The average Bonchev–Trinajstić information content (AvgIpc) is 2.79. The van der Waals surface area contributed by atoms with Crippen molar-refractivity contribution in [3.63, 3.8) is 0 Å². The van der Waals surface area contributed by atoms with Crippen LogP contribution < -0.4 is 5.32 Å². The van der Waals surface area contributed by atoms with Gasteiger partial charge >= 0.3 is 0 Å². The molecule has 0 aliphatic rings. The molecule has 4 heteroatoms. The fourth-order valence-electron chi connectivity index (χ4n) is 1.61. The normalized spacial score (nSPS) is 14.3. The van der Waals surface area contributed by atoms with Gasteiger partial charge in [0.25, 0.3) is 0 Å². The lowest BCUT2D eigenvalue weighted by molar-refractivity contribution is 0.389. The van der Waals surface area contributed by atoms with Gasteiger partial charge in [-0.1, -0.05) is 6.92 Å². The number of hydrogen-bond acceptors (Lipinski definition) is 3. The Kier molecular flexibility index (Phi) is 5.00. The highest BCUT2D eigenvalue weighted by Gasteiger charge is 2.21. The summed E-state index contributed by atoms with van der Waals surface area (Å²) in [5.41, 5.74) is -0.400. The molecule has 0 bridgehead atoms. The number of nitrogens with zero attached hydrogens (tertiary/aromatic N) is 3. The van der Waals surface area contributed by atoms with Gasteiger partial charge in [-0.05, 0) is 38.8 Å². The second-order valence-electron chi connectivity index (χ2n) is 4.24. The Bertz CT molecular complexity index is 325. The van der Waals surface area contributed by atoms with Gasteiger partial charge in [0.2, 0.25) is 0 Å². The molecule has 0 saturated heterocycles. The Morgan fingerprint density at radius 1 is 1.56 bits per heavy atom. The Morgan fingerprint density at radius 2 is 2.38 bits per heavy atom. The van der Waals surface area contributed by atoms with E-state index in [2.05, 4.69) is 23.4 Å². The van der Waals surface area contributed by atoms with Crippen molar-refractivity contribution < 1.29 is 0 Å². The summed E-state index contributed by atoms with van der Waals surface area (Å²) in [5, 5.41) is 16.6. The lowest BCUT2D eigenvalue weighted by atomic mass is 9.97. The van der Waals surface area contributed by atoms with Crippen LogP contribution in [0.2, 0.25) is 0 Å². The van der Waals surface area contributed by atoms with Crippen LogP contribution in [0.15, 0.2) is 18.5 Å². The number of nitriles is 1. The Hall–Kier alpha value is -1.34. The standard InChI is InChI=1S/C12H20N4/c1-3-7-14-12(2,11-13)6-4-9-16-10-5-8-15-16/h5,8,10,14H,3-4,6-7,9H2,1-2H3. The molecule has 0 fully saturated rings. The first-order chi connectivity index (χ1) is 7.70. The van der Waals surface area contributed by atoms with E-state index in [1.165, 1.54) is 0 Å². The minimum absolute atomic E-state index is 0.400. The Morgan fingerprint density at radius 3 is 2.94 bits per heavy atom. The highest BCUT2D eigenvalue weighted by Crippen LogP contribution is 2.11. The second-order valence-corrected chi connectivity index (χ2v) is 4.24. The maximum Gasteiger partial charge on any atom is 0.103 e. The Balaban J connectivity index is 2.31. The van der Waals surface area contributed by atoms with Gasteiger partial charge in [-0.25, -0.2) is 0 Å². The van der Waals surface area contributed by atoms with Crippen LogP contribution in [0, 0.1) is 11.3 Å². The van der Waals surface area contributed by atoms with Crippen LogP contribution in [0.4, 0.5) is 0 Å². The van der Waals surface area contributed by atoms with Crippen molar-refractivity contribution in [2.45, 2.75) is 45.2 Å². The molecule has 1 rings (SSSR count). The van der Waals surface area contributed by atoms with E-state index in [9.17, 15) is 0 Å². The zero-order valence-corrected chi connectivity index (χ0v) is 10.1. The summed E-state index contributed by atoms with van der Waals surface area (Å²) >= 11 is 0. The van der Waals surface area contributed by atoms with Crippen LogP contribution in [0.5, 0.6) is 0 Å². The zero-order chi connectivity index (χ0) is 11.9. The quantitative estimate of drug-likeness (QED) is 0.764. The summed E-state index contributed by atoms with van der Waals surface area (Å²) in [5.74, 6) is 0. The van der Waals surface area contributed by atoms with Crippen LogP contribution in [0.25, 0.3) is 0 Å². The van der Waals surface area contributed by atoms with Gasteiger partial charge in [-0.15, -0.1) is 0 Å². The van der Waals surface area contributed by atoms with E-state index >= 15 is 0 Å². The van der Waals surface area contributed by atoms with Crippen LogP contribution in [0.1, 0.15) is 33.1 Å². The van der Waals surface area contributed by atoms with Gasteiger partial charge in [0.1, 0.15) is 5.54 Å². The SMILES string of the molecule is CCCNC(C)(C#N)CCCn1cccn1. The van der Waals surface area contributed by atoms with Crippen molar-refractivity contribution in [3.05, 3.63) is 18.5 Å². The minimum Gasteiger partial charge on any atom is -0.300 e. The van der Waals surface area contributed by atoms with Gasteiger partial charge in [-0.2, -0.15) is 10.4 Å². The zero-order valence-electron chi connectivity index (χ0n) is 10.1. The smallest absolute Gasteiger partial charge is 0.103 e. The van der Waals surface area contributed by atoms with E-state index in [0.29, 0.717) is 0 Å². The third-order valence-electron chi connectivity index (χ3n) is 2.64. The second kappa shape index (κ2) is 6.29. The summed E-state index contributed by atoms with van der Waals surface area (Å²) in [4.78, 5) is 0. The number of aryl methyl sites for hydroxylation is 1. The summed E-state index contributed by atoms with van der Waals surface area (Å²) < 4.78 is 1.90. The molecular weight excluding hydrogens is 200 g/mol. The molecule has 0 spiro atoms. The molecule has 0 amide bonds. The summed E-state index contributed by atoms with van der Waals surface area (Å²) in [6.07, 6.45) is 6.59. The summed E-state index contributed by atoms with van der Waals surface area (Å²) in [6, 6.07) is 4.27. The lowest BCUT2D eigenvalue weighted by Crippen LogP contribution is -2.41. The first kappa shape index (κ1) is 12.7. The number of rotatable bonds is 7. The van der Waals surface area contributed by atoms with E-state index in [1.807, 2.05) is 23.9 Å². The van der Waals surface area contributed by atoms with Gasteiger partial charge in [0.05, 0.1) is 6.07 Å². The van der Waals surface area contributed by atoms with Crippen LogP contribution in [-0.4, -0.2) is 21.9 Å². The molecule has 1 heterocycles. The molecular formula is C12H20N4. The predicted molar refractivity (Wildman–Crippen MR) is 63.8 cm³/mol. The topological polar surface area (TPSA) is 53.6 Å². The van der Waals surface area contributed by atoms with E-state index in [-0.39, 0.29) is 0 Å². The van der Waals surface area contributed by atoms with Gasteiger partial charge in [-0.3, -0.25) is 10.00 Å². The largest absolute Gasteiger partial charge is 0.300 e. The predicted octanol–water partition coefficient (Wildman–Crippen LogP) is 1.95. The van der Waals surface area contributed by atoms with Gasteiger partial charge in [0, 0.05) is 18.9 Å². The maximum atomic E-state index is 9.13. The molecule has 4 nitrogen and oxygen atoms in total. The van der Waals surface area contributed by atoms with Gasteiger partial charge in [0.15, 0.2) is 0 Å². The molecule has 0 aromatic carbocycles.